The maximum Gasteiger partial charge on any atom is 0.136 e. The molecule has 96 valence electrons. The lowest BCUT2D eigenvalue weighted by atomic mass is 9.84. The van der Waals surface area contributed by atoms with Crippen LogP contribution in [-0.2, 0) is 0 Å². The summed E-state index contributed by atoms with van der Waals surface area (Å²) >= 11 is 5.07. The lowest BCUT2D eigenvalue weighted by molar-refractivity contribution is 0.0974. The third kappa shape index (κ3) is 2.20. The third-order valence-electron chi connectivity index (χ3n) is 4.05. The van der Waals surface area contributed by atoms with Crippen molar-refractivity contribution in [1.82, 2.24) is 9.88 Å². The Morgan fingerprint density at radius 3 is 2.83 bits per heavy atom. The molecule has 18 heavy (non-hydrogen) atoms. The molecule has 4 heterocycles. The molecule has 1 unspecified atom stereocenters. The van der Waals surface area contributed by atoms with Crippen LogP contribution in [0.1, 0.15) is 18.4 Å². The number of hydrogen-bond donors (Lipinski definition) is 2. The van der Waals surface area contributed by atoms with Crippen molar-refractivity contribution in [2.75, 3.05) is 25.0 Å². The minimum atomic E-state index is 0.409. The normalized spacial score (nSPS) is 30.1. The van der Waals surface area contributed by atoms with Crippen molar-refractivity contribution in [2.45, 2.75) is 18.9 Å². The van der Waals surface area contributed by atoms with Crippen molar-refractivity contribution in [3.8, 4) is 0 Å². The number of nitrogens with two attached hydrogens (primary N) is 1. The van der Waals surface area contributed by atoms with Crippen molar-refractivity contribution in [2.24, 2.45) is 11.7 Å². The Morgan fingerprint density at radius 1 is 1.44 bits per heavy atom. The van der Waals surface area contributed by atoms with Gasteiger partial charge in [-0.3, -0.25) is 0 Å². The average Bonchev–Trinajstić information content (AvgIpc) is 2.40. The minimum absolute atomic E-state index is 0.409. The van der Waals surface area contributed by atoms with Crippen molar-refractivity contribution in [3.05, 3.63) is 23.9 Å². The Hall–Kier alpha value is -1.20. The van der Waals surface area contributed by atoms with Crippen LogP contribution in [0.15, 0.2) is 18.3 Å². The highest BCUT2D eigenvalue weighted by Crippen LogP contribution is 2.29. The van der Waals surface area contributed by atoms with Crippen LogP contribution < -0.4 is 11.1 Å². The standard InChI is InChI=1S/C13H18N4S/c14-12(18)10-2-1-5-15-13(10)16-11-8-17-6-3-9(11)4-7-17/h1-2,5,9,11H,3-4,6-8H2,(H2,14,18)(H,15,16). The first-order valence-electron chi connectivity index (χ1n) is 6.48. The summed E-state index contributed by atoms with van der Waals surface area (Å²) in [7, 11) is 0. The third-order valence-corrected chi connectivity index (χ3v) is 4.27. The summed E-state index contributed by atoms with van der Waals surface area (Å²) in [6, 6.07) is 4.28. The minimum Gasteiger partial charge on any atom is -0.389 e. The molecule has 0 spiro atoms. The SMILES string of the molecule is NC(=S)c1cccnc1NC1CN2CCC1CC2. The molecular formula is C13H18N4S. The largest absolute Gasteiger partial charge is 0.389 e. The molecule has 1 aromatic rings. The molecule has 0 saturated carbocycles. The molecule has 0 aromatic carbocycles. The molecule has 2 bridgehead atoms. The lowest BCUT2D eigenvalue weighted by Gasteiger charge is -2.45. The van der Waals surface area contributed by atoms with Gasteiger partial charge in [-0.05, 0) is 44.0 Å². The number of nitrogens with zero attached hydrogens (tertiary/aromatic N) is 2. The number of fused-ring (bicyclic) bond motifs is 3. The maximum absolute atomic E-state index is 5.74. The summed E-state index contributed by atoms with van der Waals surface area (Å²) < 4.78 is 0. The van der Waals surface area contributed by atoms with Crippen LogP contribution in [0.3, 0.4) is 0 Å². The van der Waals surface area contributed by atoms with Gasteiger partial charge in [-0.1, -0.05) is 12.2 Å². The van der Waals surface area contributed by atoms with E-state index in [2.05, 4.69) is 15.2 Å². The van der Waals surface area contributed by atoms with E-state index < -0.39 is 0 Å². The number of piperidine rings is 3. The molecule has 3 aliphatic rings. The quantitative estimate of drug-likeness (QED) is 0.802. The zero-order valence-electron chi connectivity index (χ0n) is 10.3. The van der Waals surface area contributed by atoms with Gasteiger partial charge < -0.3 is 16.0 Å². The molecule has 3 saturated heterocycles. The number of pyridine rings is 1. The van der Waals surface area contributed by atoms with Gasteiger partial charge in [0.2, 0.25) is 0 Å². The van der Waals surface area contributed by atoms with E-state index in [4.69, 9.17) is 18.0 Å². The van der Waals surface area contributed by atoms with Gasteiger partial charge >= 0.3 is 0 Å². The predicted octanol–water partition coefficient (Wildman–Crippen LogP) is 1.22. The topological polar surface area (TPSA) is 54.2 Å². The zero-order chi connectivity index (χ0) is 12.5. The second-order valence-corrected chi connectivity index (χ2v) is 5.59. The van der Waals surface area contributed by atoms with Crippen LogP contribution in [0.4, 0.5) is 5.82 Å². The highest BCUT2D eigenvalue weighted by Gasteiger charge is 2.34. The second-order valence-electron chi connectivity index (χ2n) is 5.15. The highest BCUT2D eigenvalue weighted by atomic mass is 32.1. The van der Waals surface area contributed by atoms with Gasteiger partial charge in [0.05, 0.1) is 5.56 Å². The Labute approximate surface area is 113 Å². The van der Waals surface area contributed by atoms with E-state index in [0.29, 0.717) is 11.0 Å². The summed E-state index contributed by atoms with van der Waals surface area (Å²) in [5.41, 5.74) is 6.59. The molecule has 5 heteroatoms. The summed E-state index contributed by atoms with van der Waals surface area (Å²) in [6.07, 6.45) is 4.35. The van der Waals surface area contributed by atoms with Crippen LogP contribution in [0.25, 0.3) is 0 Å². The van der Waals surface area contributed by atoms with E-state index in [1.54, 1.807) is 6.20 Å². The van der Waals surface area contributed by atoms with Gasteiger partial charge in [0.1, 0.15) is 10.8 Å². The molecule has 3 aliphatic heterocycles. The zero-order valence-corrected chi connectivity index (χ0v) is 11.1. The summed E-state index contributed by atoms with van der Waals surface area (Å²) in [5.74, 6) is 1.60. The van der Waals surface area contributed by atoms with Crippen molar-refractivity contribution in [3.63, 3.8) is 0 Å². The molecule has 1 atom stereocenters. The summed E-state index contributed by atoms with van der Waals surface area (Å²) in [4.78, 5) is 7.30. The molecule has 3 N–H and O–H groups in total. The van der Waals surface area contributed by atoms with Gasteiger partial charge in [-0.25, -0.2) is 4.98 Å². The fourth-order valence-corrected chi connectivity index (χ4v) is 3.19. The van der Waals surface area contributed by atoms with Crippen molar-refractivity contribution < 1.29 is 0 Å². The van der Waals surface area contributed by atoms with E-state index >= 15 is 0 Å². The van der Waals surface area contributed by atoms with Crippen LogP contribution in [-0.4, -0.2) is 40.5 Å². The number of aromatic nitrogens is 1. The van der Waals surface area contributed by atoms with Gasteiger partial charge in [0.25, 0.3) is 0 Å². The van der Waals surface area contributed by atoms with Gasteiger partial charge in [-0.15, -0.1) is 0 Å². The van der Waals surface area contributed by atoms with Gasteiger partial charge in [-0.2, -0.15) is 0 Å². The van der Waals surface area contributed by atoms with Crippen LogP contribution in [0.2, 0.25) is 0 Å². The van der Waals surface area contributed by atoms with E-state index in [0.717, 1.165) is 23.8 Å². The van der Waals surface area contributed by atoms with Crippen molar-refractivity contribution in [1.29, 1.82) is 0 Å². The predicted molar refractivity (Wildman–Crippen MR) is 76.7 cm³/mol. The van der Waals surface area contributed by atoms with Crippen LogP contribution >= 0.6 is 12.2 Å². The van der Waals surface area contributed by atoms with E-state index in [9.17, 15) is 0 Å². The molecule has 1 aromatic heterocycles. The van der Waals surface area contributed by atoms with Gasteiger partial charge in [0, 0.05) is 18.8 Å². The van der Waals surface area contributed by atoms with E-state index in [-0.39, 0.29) is 0 Å². The average molecular weight is 262 g/mol. The molecule has 0 amide bonds. The van der Waals surface area contributed by atoms with Crippen LogP contribution in [0, 0.1) is 5.92 Å². The summed E-state index contributed by atoms with van der Waals surface area (Å²) in [6.45, 7) is 3.60. The molecule has 0 aliphatic carbocycles. The number of hydrogen-bond acceptors (Lipinski definition) is 4. The second kappa shape index (κ2) is 4.82. The number of thiocarbonyl (C=S) groups is 1. The molecule has 4 rings (SSSR count). The maximum atomic E-state index is 5.74. The van der Waals surface area contributed by atoms with Gasteiger partial charge in [0.15, 0.2) is 0 Å². The number of rotatable bonds is 3. The molecule has 0 radical (unpaired) electrons. The van der Waals surface area contributed by atoms with E-state index in [1.807, 2.05) is 12.1 Å². The summed E-state index contributed by atoms with van der Waals surface area (Å²) in [5, 5.41) is 3.54. The smallest absolute Gasteiger partial charge is 0.136 e. The van der Waals surface area contributed by atoms with Crippen molar-refractivity contribution >= 4 is 23.0 Å². The first-order chi connectivity index (χ1) is 8.74. The molecule has 4 nitrogen and oxygen atoms in total. The Morgan fingerprint density at radius 2 is 2.22 bits per heavy atom. The molecule has 3 fully saturated rings. The highest BCUT2D eigenvalue weighted by molar-refractivity contribution is 7.80. The monoisotopic (exact) mass is 262 g/mol. The first-order valence-corrected chi connectivity index (χ1v) is 6.88. The van der Waals surface area contributed by atoms with Crippen LogP contribution in [0.5, 0.6) is 0 Å². The lowest BCUT2D eigenvalue weighted by Crippen LogP contribution is -2.53. The molecular weight excluding hydrogens is 244 g/mol. The fraction of sp³-hybridized carbons (Fsp3) is 0.538. The number of nitrogens with one attached hydrogen (secondary N) is 1. The van der Waals surface area contributed by atoms with E-state index in [1.165, 1.54) is 25.9 Å². The fourth-order valence-electron chi connectivity index (χ4n) is 3.02. The Balaban J connectivity index is 1.78. The Bertz CT molecular complexity index is 454. The first kappa shape index (κ1) is 11.9. The Kier molecular flexibility index (Phi) is 3.18. The number of anilines is 1.